The van der Waals surface area contributed by atoms with Crippen molar-refractivity contribution in [2.24, 2.45) is 0 Å². The predicted molar refractivity (Wildman–Crippen MR) is 65.2 cm³/mol. The quantitative estimate of drug-likeness (QED) is 0.776. The van der Waals surface area contributed by atoms with E-state index in [9.17, 15) is 9.59 Å². The van der Waals surface area contributed by atoms with Gasteiger partial charge in [0.05, 0.1) is 5.75 Å². The highest BCUT2D eigenvalue weighted by molar-refractivity contribution is 7.99. The first-order valence-corrected chi connectivity index (χ1v) is 6.17. The first-order valence-electron chi connectivity index (χ1n) is 4.78. The summed E-state index contributed by atoms with van der Waals surface area (Å²) in [6, 6.07) is 7.12. The second-order valence-corrected chi connectivity index (χ2v) is 4.17. The molecule has 0 saturated carbocycles. The lowest BCUT2D eigenvalue weighted by Gasteiger charge is -2.06. The number of carbonyl (C=O) groups is 2. The first kappa shape index (κ1) is 12.6. The van der Waals surface area contributed by atoms with Crippen LogP contribution in [0.2, 0.25) is 0 Å². The maximum Gasteiger partial charge on any atom is 0.269 e. The molecular weight excluding hydrogens is 224 g/mol. The maximum absolute atomic E-state index is 11.5. The van der Waals surface area contributed by atoms with E-state index in [-0.39, 0.29) is 11.8 Å². The van der Waals surface area contributed by atoms with Gasteiger partial charge in [-0.15, -0.1) is 0 Å². The van der Waals surface area contributed by atoms with Crippen LogP contribution >= 0.6 is 11.8 Å². The van der Waals surface area contributed by atoms with Crippen molar-refractivity contribution in [1.29, 1.82) is 0 Å². The van der Waals surface area contributed by atoms with Crippen molar-refractivity contribution in [3.05, 3.63) is 35.4 Å². The third-order valence-corrected chi connectivity index (χ3v) is 2.46. The Morgan fingerprint density at radius 1 is 1.19 bits per heavy atom. The Morgan fingerprint density at radius 3 is 2.38 bits per heavy atom. The van der Waals surface area contributed by atoms with Gasteiger partial charge in [0.15, 0.2) is 0 Å². The Kier molecular flexibility index (Phi) is 4.85. The molecule has 1 rings (SSSR count). The number of hydrogen-bond donors (Lipinski definition) is 2. The molecule has 0 saturated heterocycles. The molecule has 2 amide bonds. The van der Waals surface area contributed by atoms with E-state index in [4.69, 9.17) is 0 Å². The zero-order chi connectivity index (χ0) is 12.0. The zero-order valence-corrected chi connectivity index (χ0v) is 10.1. The Balaban J connectivity index is 2.47. The lowest BCUT2D eigenvalue weighted by atomic mass is 10.1. The minimum atomic E-state index is -0.311. The molecule has 0 atom stereocenters. The smallest absolute Gasteiger partial charge is 0.269 e. The van der Waals surface area contributed by atoms with Crippen molar-refractivity contribution in [2.75, 3.05) is 12.0 Å². The predicted octanol–water partition coefficient (Wildman–Crippen LogP) is 1.12. The van der Waals surface area contributed by atoms with Crippen molar-refractivity contribution in [3.8, 4) is 0 Å². The van der Waals surface area contributed by atoms with Crippen LogP contribution in [-0.4, -0.2) is 23.8 Å². The summed E-state index contributed by atoms with van der Waals surface area (Å²) in [4.78, 5) is 22.6. The molecule has 0 unspecified atom stereocenters. The average molecular weight is 238 g/mol. The van der Waals surface area contributed by atoms with Crippen molar-refractivity contribution in [1.82, 2.24) is 10.9 Å². The molecule has 86 valence electrons. The molecule has 4 nitrogen and oxygen atoms in total. The van der Waals surface area contributed by atoms with Gasteiger partial charge >= 0.3 is 0 Å². The number of benzene rings is 1. The average Bonchev–Trinajstić information content (AvgIpc) is 2.27. The van der Waals surface area contributed by atoms with Gasteiger partial charge in [-0.3, -0.25) is 20.4 Å². The highest BCUT2D eigenvalue weighted by atomic mass is 32.2. The van der Waals surface area contributed by atoms with Crippen LogP contribution in [0.3, 0.4) is 0 Å². The largest absolute Gasteiger partial charge is 0.272 e. The number of aryl methyl sites for hydroxylation is 1. The lowest BCUT2D eigenvalue weighted by Crippen LogP contribution is -2.42. The van der Waals surface area contributed by atoms with Crippen molar-refractivity contribution < 1.29 is 9.59 Å². The highest BCUT2D eigenvalue weighted by Crippen LogP contribution is 2.02. The fourth-order valence-electron chi connectivity index (χ4n) is 1.07. The molecule has 0 radical (unpaired) electrons. The summed E-state index contributed by atoms with van der Waals surface area (Å²) in [5, 5.41) is 0. The summed E-state index contributed by atoms with van der Waals surface area (Å²) < 4.78 is 0. The van der Waals surface area contributed by atoms with E-state index in [1.807, 2.05) is 25.3 Å². The molecule has 5 heteroatoms. The normalized spacial score (nSPS) is 9.62. The number of rotatable bonds is 3. The summed E-state index contributed by atoms with van der Waals surface area (Å²) in [6.07, 6.45) is 1.82. The SMILES string of the molecule is CSCC(=O)NNC(=O)c1ccc(C)cc1. The van der Waals surface area contributed by atoms with Gasteiger partial charge in [-0.2, -0.15) is 11.8 Å². The van der Waals surface area contributed by atoms with Crippen LogP contribution in [0.1, 0.15) is 15.9 Å². The van der Waals surface area contributed by atoms with E-state index >= 15 is 0 Å². The molecule has 0 fully saturated rings. The molecule has 16 heavy (non-hydrogen) atoms. The first-order chi connectivity index (χ1) is 7.63. The molecule has 0 aliphatic rings. The molecule has 0 bridgehead atoms. The van der Waals surface area contributed by atoms with Crippen LogP contribution in [0.15, 0.2) is 24.3 Å². The van der Waals surface area contributed by atoms with Gasteiger partial charge in [-0.25, -0.2) is 0 Å². The van der Waals surface area contributed by atoms with Gasteiger partial charge in [0, 0.05) is 5.56 Å². The van der Waals surface area contributed by atoms with E-state index in [1.54, 1.807) is 12.1 Å². The fraction of sp³-hybridized carbons (Fsp3) is 0.273. The van der Waals surface area contributed by atoms with Crippen molar-refractivity contribution >= 4 is 23.6 Å². The van der Waals surface area contributed by atoms with E-state index in [2.05, 4.69) is 10.9 Å². The van der Waals surface area contributed by atoms with Gasteiger partial charge in [-0.05, 0) is 25.3 Å². The molecule has 1 aromatic carbocycles. The van der Waals surface area contributed by atoms with Crippen LogP contribution in [0.25, 0.3) is 0 Å². The summed E-state index contributed by atoms with van der Waals surface area (Å²) >= 11 is 1.40. The summed E-state index contributed by atoms with van der Waals surface area (Å²) in [6.45, 7) is 1.95. The number of hydrogen-bond acceptors (Lipinski definition) is 3. The number of amides is 2. The van der Waals surface area contributed by atoms with Crippen molar-refractivity contribution in [2.45, 2.75) is 6.92 Å². The Labute approximate surface area is 98.8 Å². The Morgan fingerprint density at radius 2 is 1.81 bits per heavy atom. The fourth-order valence-corrected chi connectivity index (χ4v) is 1.41. The number of thioether (sulfide) groups is 1. The van der Waals surface area contributed by atoms with E-state index < -0.39 is 0 Å². The molecule has 0 heterocycles. The number of nitrogens with one attached hydrogen (secondary N) is 2. The number of carbonyl (C=O) groups excluding carboxylic acids is 2. The second kappa shape index (κ2) is 6.17. The molecule has 0 aliphatic carbocycles. The molecule has 0 aromatic heterocycles. The zero-order valence-electron chi connectivity index (χ0n) is 9.24. The summed E-state index contributed by atoms with van der Waals surface area (Å²) in [5.41, 5.74) is 6.30. The molecule has 1 aromatic rings. The summed E-state index contributed by atoms with van der Waals surface area (Å²) in [7, 11) is 0. The highest BCUT2D eigenvalue weighted by Gasteiger charge is 2.05. The van der Waals surface area contributed by atoms with Gasteiger partial charge < -0.3 is 0 Å². The molecule has 0 aliphatic heterocycles. The van der Waals surface area contributed by atoms with Crippen LogP contribution in [0.4, 0.5) is 0 Å². The topological polar surface area (TPSA) is 58.2 Å². The standard InChI is InChI=1S/C11H14N2O2S/c1-8-3-5-9(6-4-8)11(15)13-12-10(14)7-16-2/h3-6H,7H2,1-2H3,(H,12,14)(H,13,15). The van der Waals surface area contributed by atoms with Crippen LogP contribution in [-0.2, 0) is 4.79 Å². The minimum Gasteiger partial charge on any atom is -0.272 e. The Hall–Kier alpha value is -1.49. The lowest BCUT2D eigenvalue weighted by molar-refractivity contribution is -0.119. The molecule has 2 N–H and O–H groups in total. The summed E-state index contributed by atoms with van der Waals surface area (Å²) in [5.74, 6) is -0.198. The van der Waals surface area contributed by atoms with E-state index in [0.717, 1.165) is 5.56 Å². The minimum absolute atomic E-state index is 0.215. The third-order valence-electron chi connectivity index (χ3n) is 1.90. The maximum atomic E-state index is 11.5. The van der Waals surface area contributed by atoms with Gasteiger partial charge in [-0.1, -0.05) is 17.7 Å². The van der Waals surface area contributed by atoms with Crippen molar-refractivity contribution in [3.63, 3.8) is 0 Å². The van der Waals surface area contributed by atoms with E-state index in [1.165, 1.54) is 11.8 Å². The van der Waals surface area contributed by atoms with Crippen LogP contribution < -0.4 is 10.9 Å². The van der Waals surface area contributed by atoms with Crippen LogP contribution in [0, 0.1) is 6.92 Å². The van der Waals surface area contributed by atoms with Crippen LogP contribution in [0.5, 0.6) is 0 Å². The molecule has 0 spiro atoms. The Bertz CT molecular complexity index is 376. The van der Waals surface area contributed by atoms with Gasteiger partial charge in [0.2, 0.25) is 5.91 Å². The second-order valence-electron chi connectivity index (χ2n) is 3.30. The molecular formula is C11H14N2O2S. The number of hydrazine groups is 1. The van der Waals surface area contributed by atoms with Gasteiger partial charge in [0.25, 0.3) is 5.91 Å². The van der Waals surface area contributed by atoms with E-state index in [0.29, 0.717) is 11.3 Å². The third kappa shape index (κ3) is 3.94. The monoisotopic (exact) mass is 238 g/mol. The van der Waals surface area contributed by atoms with Gasteiger partial charge in [0.1, 0.15) is 0 Å².